The van der Waals surface area contributed by atoms with Gasteiger partial charge in [-0.25, -0.2) is 0 Å². The summed E-state index contributed by atoms with van der Waals surface area (Å²) in [7, 11) is 0. The SMILES string of the molecule is Brc1ccc(C2(c3ccccc3)c3ccccc3-c3cccc(-c4ccccc4)c32)cc1. The van der Waals surface area contributed by atoms with Crippen LogP contribution < -0.4 is 0 Å². The van der Waals surface area contributed by atoms with Crippen molar-refractivity contribution in [2.75, 3.05) is 0 Å². The van der Waals surface area contributed by atoms with Gasteiger partial charge >= 0.3 is 0 Å². The van der Waals surface area contributed by atoms with E-state index >= 15 is 0 Å². The Hall–Kier alpha value is -3.42. The van der Waals surface area contributed by atoms with E-state index in [1.54, 1.807) is 0 Å². The first-order valence-corrected chi connectivity index (χ1v) is 11.7. The van der Waals surface area contributed by atoms with Crippen LogP contribution in [0, 0.1) is 0 Å². The molecule has 5 aromatic carbocycles. The molecule has 0 N–H and O–H groups in total. The number of halogens is 1. The molecule has 0 amide bonds. The van der Waals surface area contributed by atoms with Gasteiger partial charge in [-0.3, -0.25) is 0 Å². The number of benzene rings is 5. The van der Waals surface area contributed by atoms with Gasteiger partial charge in [0.2, 0.25) is 0 Å². The van der Waals surface area contributed by atoms with Gasteiger partial charge in [-0.2, -0.15) is 0 Å². The average Bonchev–Trinajstić information content (AvgIpc) is 3.17. The molecule has 1 heteroatoms. The van der Waals surface area contributed by atoms with Crippen LogP contribution in [0.15, 0.2) is 132 Å². The lowest BCUT2D eigenvalue weighted by molar-refractivity contribution is 0.770. The molecule has 1 atom stereocenters. The Morgan fingerprint density at radius 3 is 1.75 bits per heavy atom. The second-order valence-corrected chi connectivity index (χ2v) is 9.18. The van der Waals surface area contributed by atoms with Crippen molar-refractivity contribution < 1.29 is 0 Å². The zero-order valence-electron chi connectivity index (χ0n) is 17.5. The molecule has 1 aliphatic carbocycles. The van der Waals surface area contributed by atoms with Crippen molar-refractivity contribution in [2.45, 2.75) is 5.41 Å². The van der Waals surface area contributed by atoms with E-state index in [-0.39, 0.29) is 5.41 Å². The van der Waals surface area contributed by atoms with Crippen molar-refractivity contribution >= 4 is 15.9 Å². The Labute approximate surface area is 197 Å². The van der Waals surface area contributed by atoms with Gasteiger partial charge in [0.1, 0.15) is 0 Å². The van der Waals surface area contributed by atoms with Gasteiger partial charge in [-0.1, -0.05) is 131 Å². The highest BCUT2D eigenvalue weighted by Crippen LogP contribution is 2.58. The van der Waals surface area contributed by atoms with E-state index in [9.17, 15) is 0 Å². The van der Waals surface area contributed by atoms with Gasteiger partial charge in [0.05, 0.1) is 5.41 Å². The molecule has 0 spiro atoms. The highest BCUT2D eigenvalue weighted by atomic mass is 79.9. The first kappa shape index (κ1) is 19.3. The van der Waals surface area contributed by atoms with Crippen molar-refractivity contribution in [3.05, 3.63) is 154 Å². The van der Waals surface area contributed by atoms with Crippen LogP contribution >= 0.6 is 15.9 Å². The summed E-state index contributed by atoms with van der Waals surface area (Å²) in [5.41, 5.74) is 10.0. The van der Waals surface area contributed by atoms with E-state index in [1.165, 1.54) is 44.5 Å². The van der Waals surface area contributed by atoms with Gasteiger partial charge in [-0.05, 0) is 56.6 Å². The maximum absolute atomic E-state index is 3.64. The Balaban J connectivity index is 1.81. The third kappa shape index (κ3) is 2.75. The first-order chi connectivity index (χ1) is 15.8. The second kappa shape index (κ2) is 7.62. The van der Waals surface area contributed by atoms with Crippen molar-refractivity contribution in [3.8, 4) is 22.3 Å². The van der Waals surface area contributed by atoms with E-state index in [0.717, 1.165) is 4.47 Å². The fourth-order valence-corrected chi connectivity index (χ4v) is 5.64. The molecule has 5 aromatic rings. The fourth-order valence-electron chi connectivity index (χ4n) is 5.37. The standard InChI is InChI=1S/C31H21Br/c32-25-20-18-24(19-21-25)31(23-12-5-2-6-13-23)29-17-8-7-14-27(29)28-16-9-15-26(30(28)31)22-10-3-1-4-11-22/h1-21H. The number of rotatable bonds is 3. The quantitative estimate of drug-likeness (QED) is 0.242. The van der Waals surface area contributed by atoms with Crippen LogP contribution in [-0.4, -0.2) is 0 Å². The van der Waals surface area contributed by atoms with Crippen LogP contribution in [0.3, 0.4) is 0 Å². The number of hydrogen-bond donors (Lipinski definition) is 0. The Bertz CT molecular complexity index is 1400. The lowest BCUT2D eigenvalue weighted by Crippen LogP contribution is -2.29. The van der Waals surface area contributed by atoms with Gasteiger partial charge < -0.3 is 0 Å². The van der Waals surface area contributed by atoms with Gasteiger partial charge in [0, 0.05) is 4.47 Å². The monoisotopic (exact) mass is 472 g/mol. The minimum absolute atomic E-state index is 0.389. The molecule has 1 aliphatic rings. The van der Waals surface area contributed by atoms with Crippen LogP contribution in [0.25, 0.3) is 22.3 Å². The Kier molecular flexibility index (Phi) is 4.59. The highest BCUT2D eigenvalue weighted by molar-refractivity contribution is 9.10. The summed E-state index contributed by atoms with van der Waals surface area (Å²) in [6, 6.07) is 46.2. The summed E-state index contributed by atoms with van der Waals surface area (Å²) in [6.07, 6.45) is 0. The Morgan fingerprint density at radius 1 is 0.438 bits per heavy atom. The molecular formula is C31H21Br. The average molecular weight is 473 g/mol. The van der Waals surface area contributed by atoms with Crippen molar-refractivity contribution in [1.82, 2.24) is 0 Å². The predicted molar refractivity (Wildman–Crippen MR) is 137 cm³/mol. The maximum atomic E-state index is 3.64. The van der Waals surface area contributed by atoms with Gasteiger partial charge in [-0.15, -0.1) is 0 Å². The summed E-state index contributed by atoms with van der Waals surface area (Å²) < 4.78 is 1.09. The van der Waals surface area contributed by atoms with E-state index in [1.807, 2.05) is 0 Å². The molecule has 0 nitrogen and oxygen atoms in total. The zero-order valence-corrected chi connectivity index (χ0v) is 19.1. The molecule has 0 aliphatic heterocycles. The summed E-state index contributed by atoms with van der Waals surface area (Å²) >= 11 is 3.64. The minimum Gasteiger partial charge on any atom is -0.0622 e. The molecule has 0 aromatic heterocycles. The number of hydrogen-bond acceptors (Lipinski definition) is 0. The molecule has 6 rings (SSSR count). The molecule has 152 valence electrons. The molecular weight excluding hydrogens is 452 g/mol. The molecule has 0 radical (unpaired) electrons. The minimum atomic E-state index is -0.389. The molecule has 32 heavy (non-hydrogen) atoms. The smallest absolute Gasteiger partial charge is 0.0622 e. The summed E-state index contributed by atoms with van der Waals surface area (Å²) in [6.45, 7) is 0. The van der Waals surface area contributed by atoms with Crippen molar-refractivity contribution in [3.63, 3.8) is 0 Å². The Morgan fingerprint density at radius 2 is 1.00 bits per heavy atom. The normalized spacial score (nSPS) is 16.4. The molecule has 0 saturated heterocycles. The largest absolute Gasteiger partial charge is 0.0719 e. The van der Waals surface area contributed by atoms with E-state index < -0.39 is 0 Å². The van der Waals surface area contributed by atoms with Crippen LogP contribution in [-0.2, 0) is 5.41 Å². The fraction of sp³-hybridized carbons (Fsp3) is 0.0323. The van der Waals surface area contributed by atoms with Crippen LogP contribution in [0.2, 0.25) is 0 Å². The topological polar surface area (TPSA) is 0 Å². The van der Waals surface area contributed by atoms with Crippen LogP contribution in [0.5, 0.6) is 0 Å². The van der Waals surface area contributed by atoms with Crippen LogP contribution in [0.1, 0.15) is 22.3 Å². The lowest BCUT2D eigenvalue weighted by atomic mass is 9.66. The molecule has 0 bridgehead atoms. The molecule has 0 heterocycles. The van der Waals surface area contributed by atoms with Crippen molar-refractivity contribution in [1.29, 1.82) is 0 Å². The van der Waals surface area contributed by atoms with E-state index in [4.69, 9.17) is 0 Å². The first-order valence-electron chi connectivity index (χ1n) is 10.9. The van der Waals surface area contributed by atoms with Gasteiger partial charge in [0.15, 0.2) is 0 Å². The molecule has 0 saturated carbocycles. The van der Waals surface area contributed by atoms with E-state index in [2.05, 4.69) is 143 Å². The third-order valence-electron chi connectivity index (χ3n) is 6.63. The molecule has 1 unspecified atom stereocenters. The molecule has 0 fully saturated rings. The summed E-state index contributed by atoms with van der Waals surface area (Å²) in [5, 5.41) is 0. The highest BCUT2D eigenvalue weighted by Gasteiger charge is 2.47. The number of fused-ring (bicyclic) bond motifs is 3. The maximum Gasteiger partial charge on any atom is 0.0719 e. The summed E-state index contributed by atoms with van der Waals surface area (Å²) in [5.74, 6) is 0. The summed E-state index contributed by atoms with van der Waals surface area (Å²) in [4.78, 5) is 0. The lowest BCUT2D eigenvalue weighted by Gasteiger charge is -2.35. The van der Waals surface area contributed by atoms with Crippen molar-refractivity contribution in [2.24, 2.45) is 0 Å². The predicted octanol–water partition coefficient (Wildman–Crippen LogP) is 8.48. The van der Waals surface area contributed by atoms with Crippen LogP contribution in [0.4, 0.5) is 0 Å². The second-order valence-electron chi connectivity index (χ2n) is 8.26. The van der Waals surface area contributed by atoms with E-state index in [0.29, 0.717) is 0 Å². The van der Waals surface area contributed by atoms with Gasteiger partial charge in [0.25, 0.3) is 0 Å². The zero-order chi connectivity index (χ0) is 21.5. The third-order valence-corrected chi connectivity index (χ3v) is 7.16.